The van der Waals surface area contributed by atoms with Gasteiger partial charge in [0, 0.05) is 18.0 Å². The minimum atomic E-state index is -5.59. The van der Waals surface area contributed by atoms with Crippen LogP contribution < -0.4 is 9.47 Å². The number of benzene rings is 1. The average Bonchev–Trinajstić information content (AvgIpc) is 2.94. The molecule has 0 aliphatic carbocycles. The van der Waals surface area contributed by atoms with Crippen LogP contribution in [-0.2, 0) is 21.2 Å². The second kappa shape index (κ2) is 6.17. The summed E-state index contributed by atoms with van der Waals surface area (Å²) in [6.07, 6.45) is 0.216. The Morgan fingerprint density at radius 1 is 1.36 bits per heavy atom. The predicted molar refractivity (Wildman–Crippen MR) is 81.1 cm³/mol. The van der Waals surface area contributed by atoms with Crippen molar-refractivity contribution >= 4 is 16.3 Å². The second-order valence-electron chi connectivity index (χ2n) is 5.94. The van der Waals surface area contributed by atoms with E-state index in [1.807, 2.05) is 0 Å². The van der Waals surface area contributed by atoms with Gasteiger partial charge in [0.05, 0.1) is 19.8 Å². The molecule has 0 saturated carbocycles. The van der Waals surface area contributed by atoms with Crippen molar-refractivity contribution in [3.05, 3.63) is 23.3 Å². The maximum absolute atomic E-state index is 13.0. The minimum Gasteiger partial charge on any atom is -0.493 e. The summed E-state index contributed by atoms with van der Waals surface area (Å²) >= 11 is 0. The molecule has 2 aliphatic heterocycles. The summed E-state index contributed by atoms with van der Waals surface area (Å²) in [5.41, 5.74) is -4.07. The number of sulfonamides is 1. The van der Waals surface area contributed by atoms with Gasteiger partial charge >= 0.3 is 15.5 Å². The van der Waals surface area contributed by atoms with Gasteiger partial charge in [-0.3, -0.25) is 0 Å². The number of hydrogen-bond donors (Lipinski definition) is 0. The number of carbonyl (C=O) groups excluding carboxylic acids is 1. The van der Waals surface area contributed by atoms with Crippen molar-refractivity contribution in [2.24, 2.45) is 0 Å². The summed E-state index contributed by atoms with van der Waals surface area (Å²) in [5, 5.41) is 0. The van der Waals surface area contributed by atoms with Gasteiger partial charge in [0.2, 0.25) is 0 Å². The molecule has 0 spiro atoms. The Labute approximate surface area is 142 Å². The zero-order valence-electron chi connectivity index (χ0n) is 13.2. The number of methoxy groups -OCH3 is 1. The van der Waals surface area contributed by atoms with Gasteiger partial charge in [-0.15, -0.1) is 0 Å². The van der Waals surface area contributed by atoms with Crippen LogP contribution in [0.4, 0.5) is 13.2 Å². The fourth-order valence-electron chi connectivity index (χ4n) is 3.37. The van der Waals surface area contributed by atoms with Crippen LogP contribution in [0.25, 0.3) is 0 Å². The van der Waals surface area contributed by atoms with E-state index in [9.17, 15) is 26.4 Å². The van der Waals surface area contributed by atoms with Gasteiger partial charge in [-0.25, -0.2) is 8.42 Å². The monoisotopic (exact) mass is 379 g/mol. The number of ether oxygens (including phenoxy) is 2. The molecule has 1 aromatic rings. The van der Waals surface area contributed by atoms with Crippen molar-refractivity contribution in [3.63, 3.8) is 0 Å². The molecule has 0 unspecified atom stereocenters. The van der Waals surface area contributed by atoms with Crippen LogP contribution in [0.2, 0.25) is 0 Å². The number of hydrogen-bond acceptors (Lipinski definition) is 5. The van der Waals surface area contributed by atoms with Crippen LogP contribution in [0, 0.1) is 0 Å². The predicted octanol–water partition coefficient (Wildman–Crippen LogP) is 1.84. The summed E-state index contributed by atoms with van der Waals surface area (Å²) in [6.45, 7) is -0.177. The molecular formula is C15H16F3NO5S. The molecule has 1 aromatic carbocycles. The molecule has 6 nitrogen and oxygen atoms in total. The second-order valence-corrected chi connectivity index (χ2v) is 7.82. The summed E-state index contributed by atoms with van der Waals surface area (Å²) < 4.78 is 73.7. The lowest BCUT2D eigenvalue weighted by Gasteiger charge is -2.31. The van der Waals surface area contributed by atoms with Crippen molar-refractivity contribution in [2.75, 3.05) is 20.3 Å². The van der Waals surface area contributed by atoms with Crippen LogP contribution in [0.3, 0.4) is 0 Å². The number of aldehydes is 1. The van der Waals surface area contributed by atoms with Crippen LogP contribution in [0.1, 0.15) is 23.5 Å². The van der Waals surface area contributed by atoms with Crippen molar-refractivity contribution in [1.29, 1.82) is 0 Å². The molecule has 2 atom stereocenters. The molecule has 0 fully saturated rings. The van der Waals surface area contributed by atoms with Gasteiger partial charge in [0.15, 0.2) is 11.5 Å². The Bertz CT molecular complexity index is 793. The van der Waals surface area contributed by atoms with Crippen LogP contribution in [-0.4, -0.2) is 50.8 Å². The van der Waals surface area contributed by atoms with Gasteiger partial charge in [-0.05, 0) is 24.5 Å². The molecule has 2 aliphatic rings. The highest BCUT2D eigenvalue weighted by atomic mass is 32.2. The smallest absolute Gasteiger partial charge is 0.493 e. The molecule has 10 heteroatoms. The quantitative estimate of drug-likeness (QED) is 0.750. The Morgan fingerprint density at radius 2 is 2.08 bits per heavy atom. The van der Waals surface area contributed by atoms with E-state index in [1.54, 1.807) is 12.1 Å². The first-order valence-corrected chi connectivity index (χ1v) is 9.00. The van der Waals surface area contributed by atoms with Crippen molar-refractivity contribution in [3.8, 4) is 11.5 Å². The lowest BCUT2D eigenvalue weighted by atomic mass is 9.88. The summed E-state index contributed by atoms with van der Waals surface area (Å²) in [5.74, 6) is 0.768. The molecule has 0 radical (unpaired) electrons. The Morgan fingerprint density at radius 3 is 2.68 bits per heavy atom. The molecule has 0 saturated heterocycles. The summed E-state index contributed by atoms with van der Waals surface area (Å²) in [7, 11) is -4.12. The molecule has 3 rings (SSSR count). The molecule has 0 aromatic heterocycles. The third kappa shape index (κ3) is 2.86. The molecule has 138 valence electrons. The highest BCUT2D eigenvalue weighted by Crippen LogP contribution is 2.46. The third-order valence-corrected chi connectivity index (χ3v) is 6.22. The molecular weight excluding hydrogens is 363 g/mol. The van der Waals surface area contributed by atoms with Crippen molar-refractivity contribution < 1.29 is 35.9 Å². The van der Waals surface area contributed by atoms with Crippen LogP contribution in [0.5, 0.6) is 11.5 Å². The largest absolute Gasteiger partial charge is 0.511 e. The molecule has 25 heavy (non-hydrogen) atoms. The first-order valence-electron chi connectivity index (χ1n) is 7.56. The SMILES string of the molecule is COc1ccc2c3c1OC[C@@H]3CCN(S(=O)(=O)C(F)(F)F)[C@H](C=O)C2. The summed E-state index contributed by atoms with van der Waals surface area (Å²) in [6, 6.07) is 1.81. The zero-order chi connectivity index (χ0) is 18.4. The molecule has 0 amide bonds. The van der Waals surface area contributed by atoms with Gasteiger partial charge < -0.3 is 14.3 Å². The van der Waals surface area contributed by atoms with Crippen molar-refractivity contribution in [1.82, 2.24) is 4.31 Å². The van der Waals surface area contributed by atoms with E-state index in [4.69, 9.17) is 9.47 Å². The highest BCUT2D eigenvalue weighted by Gasteiger charge is 2.52. The molecule has 0 N–H and O–H groups in total. The molecule has 2 heterocycles. The zero-order valence-corrected chi connectivity index (χ0v) is 14.1. The van der Waals surface area contributed by atoms with Gasteiger partial charge in [0.1, 0.15) is 6.29 Å². The van der Waals surface area contributed by atoms with Gasteiger partial charge in [-0.1, -0.05) is 6.07 Å². The highest BCUT2D eigenvalue weighted by molar-refractivity contribution is 7.90. The van der Waals surface area contributed by atoms with Crippen molar-refractivity contribution in [2.45, 2.75) is 30.3 Å². The van der Waals surface area contributed by atoms with E-state index in [0.29, 0.717) is 17.1 Å². The number of halogens is 3. The van der Waals surface area contributed by atoms with E-state index >= 15 is 0 Å². The average molecular weight is 379 g/mol. The van der Waals surface area contributed by atoms with E-state index < -0.39 is 28.1 Å². The first kappa shape index (κ1) is 18.0. The Balaban J connectivity index is 2.06. The minimum absolute atomic E-state index is 0.118. The number of carbonyl (C=O) groups is 1. The first-order chi connectivity index (χ1) is 11.7. The Kier molecular flexibility index (Phi) is 4.44. The normalized spacial score (nSPS) is 24.0. The van der Waals surface area contributed by atoms with E-state index in [0.717, 1.165) is 5.56 Å². The van der Waals surface area contributed by atoms with E-state index in [1.165, 1.54) is 7.11 Å². The standard InChI is InChI=1S/C15H16F3NO5S/c1-23-12-3-2-9-6-11(7-20)19(25(21,22)15(16,17)18)5-4-10-8-24-14(12)13(9)10/h2-3,7,10-11H,4-6,8H2,1H3/t10-,11-/m0/s1. The van der Waals surface area contributed by atoms with Crippen LogP contribution in [0.15, 0.2) is 12.1 Å². The number of rotatable bonds is 3. The maximum atomic E-state index is 13.0. The third-order valence-electron chi connectivity index (χ3n) is 4.56. The number of nitrogens with zero attached hydrogens (tertiary/aromatic N) is 1. The molecule has 0 bridgehead atoms. The van der Waals surface area contributed by atoms with Gasteiger partial charge in [0.25, 0.3) is 0 Å². The lowest BCUT2D eigenvalue weighted by molar-refractivity contribution is -0.111. The Hall–Kier alpha value is -1.81. The van der Waals surface area contributed by atoms with E-state index in [2.05, 4.69) is 0 Å². The lowest BCUT2D eigenvalue weighted by Crippen LogP contribution is -2.49. The van der Waals surface area contributed by atoms with Gasteiger partial charge in [-0.2, -0.15) is 17.5 Å². The topological polar surface area (TPSA) is 72.9 Å². The fourth-order valence-corrected chi connectivity index (χ4v) is 4.47. The van der Waals surface area contributed by atoms with Crippen LogP contribution >= 0.6 is 0 Å². The summed E-state index contributed by atoms with van der Waals surface area (Å²) in [4.78, 5) is 11.4. The maximum Gasteiger partial charge on any atom is 0.511 e. The number of alkyl halides is 3. The van der Waals surface area contributed by atoms with E-state index in [-0.39, 0.29) is 36.0 Å². The fraction of sp³-hybridized carbons (Fsp3) is 0.533.